The molecule has 1 fully saturated rings. The molecule has 2 rings (SSSR count). The molecule has 1 aliphatic rings. The molecule has 1 aromatic rings. The topological polar surface area (TPSA) is 74.7 Å². The van der Waals surface area contributed by atoms with Crippen LogP contribution in [0.4, 0.5) is 5.69 Å². The van der Waals surface area contributed by atoms with Crippen molar-refractivity contribution < 1.29 is 18.3 Å². The molecule has 2 atom stereocenters. The lowest BCUT2D eigenvalue weighted by atomic mass is 10.1. The van der Waals surface area contributed by atoms with Gasteiger partial charge in [-0.15, -0.1) is 0 Å². The average Bonchev–Trinajstić information content (AvgIpc) is 2.88. The summed E-state index contributed by atoms with van der Waals surface area (Å²) in [5, 5.41) is 9.60. The minimum atomic E-state index is -3.79. The predicted molar refractivity (Wildman–Crippen MR) is 90.6 cm³/mol. The Morgan fingerprint density at radius 2 is 1.91 bits per heavy atom. The molecular formula is C17H23NO4S. The van der Waals surface area contributed by atoms with Crippen LogP contribution in [0.3, 0.4) is 0 Å². The standard InChI is InChI=1S/C17H23NO4S/c1-11(2)9-14-15(17(14,3)4)16(20)18(23(5,21)22)12-7-6-8-13(19)10-12/h6-10,14-15,19H,1-5H3. The molecule has 0 spiro atoms. The second kappa shape index (κ2) is 5.67. The number of sulfonamides is 1. The molecule has 2 unspecified atom stereocenters. The summed E-state index contributed by atoms with van der Waals surface area (Å²) in [5.74, 6) is -0.915. The fourth-order valence-corrected chi connectivity index (χ4v) is 3.98. The zero-order valence-electron chi connectivity index (χ0n) is 14.1. The van der Waals surface area contributed by atoms with Crippen molar-refractivity contribution in [1.82, 2.24) is 0 Å². The van der Waals surface area contributed by atoms with Gasteiger partial charge in [-0.25, -0.2) is 12.7 Å². The van der Waals surface area contributed by atoms with E-state index >= 15 is 0 Å². The highest BCUT2D eigenvalue weighted by atomic mass is 32.2. The van der Waals surface area contributed by atoms with E-state index in [0.29, 0.717) is 0 Å². The van der Waals surface area contributed by atoms with Crippen molar-refractivity contribution in [1.29, 1.82) is 0 Å². The molecule has 0 bridgehead atoms. The summed E-state index contributed by atoms with van der Waals surface area (Å²) < 4.78 is 25.1. The van der Waals surface area contributed by atoms with Crippen molar-refractivity contribution in [3.05, 3.63) is 35.9 Å². The number of hydrogen-bond acceptors (Lipinski definition) is 4. The smallest absolute Gasteiger partial charge is 0.245 e. The van der Waals surface area contributed by atoms with E-state index in [4.69, 9.17) is 0 Å². The second-order valence-electron chi connectivity index (χ2n) is 6.95. The van der Waals surface area contributed by atoms with E-state index in [1.54, 1.807) is 0 Å². The highest BCUT2D eigenvalue weighted by molar-refractivity contribution is 7.92. The average molecular weight is 337 g/mol. The number of hydrogen-bond donors (Lipinski definition) is 1. The van der Waals surface area contributed by atoms with Gasteiger partial charge in [-0.3, -0.25) is 4.79 Å². The SMILES string of the molecule is CC(C)=CC1C(C(=O)N(c2cccc(O)c2)S(C)(=O)=O)C1(C)C. The minimum absolute atomic E-state index is 0.0153. The Bertz CT molecular complexity index is 761. The van der Waals surface area contributed by atoms with Crippen LogP contribution in [0.25, 0.3) is 0 Å². The maximum Gasteiger partial charge on any atom is 0.245 e. The fraction of sp³-hybridized carbons (Fsp3) is 0.471. The van der Waals surface area contributed by atoms with E-state index in [1.165, 1.54) is 24.3 Å². The number of rotatable bonds is 4. The van der Waals surface area contributed by atoms with E-state index in [9.17, 15) is 18.3 Å². The van der Waals surface area contributed by atoms with Gasteiger partial charge in [0.05, 0.1) is 17.9 Å². The molecule has 0 saturated heterocycles. The molecule has 126 valence electrons. The molecule has 6 heteroatoms. The Kier molecular flexibility index (Phi) is 4.32. The van der Waals surface area contributed by atoms with Crippen molar-refractivity contribution in [2.75, 3.05) is 10.6 Å². The summed E-state index contributed by atoms with van der Waals surface area (Å²) in [6.45, 7) is 7.84. The largest absolute Gasteiger partial charge is 0.508 e. The zero-order valence-corrected chi connectivity index (χ0v) is 14.9. The third-order valence-electron chi connectivity index (χ3n) is 4.29. The number of aromatic hydroxyl groups is 1. The van der Waals surface area contributed by atoms with E-state index in [-0.39, 0.29) is 22.8 Å². The number of anilines is 1. The van der Waals surface area contributed by atoms with Gasteiger partial charge in [0.2, 0.25) is 15.9 Å². The van der Waals surface area contributed by atoms with Gasteiger partial charge in [0.1, 0.15) is 5.75 Å². The molecule has 1 aliphatic carbocycles. The molecule has 23 heavy (non-hydrogen) atoms. The number of amides is 1. The van der Waals surface area contributed by atoms with Crippen LogP contribution in [-0.2, 0) is 14.8 Å². The molecule has 0 aliphatic heterocycles. The summed E-state index contributed by atoms with van der Waals surface area (Å²) in [5.41, 5.74) is 0.978. The van der Waals surface area contributed by atoms with Crippen LogP contribution in [0.15, 0.2) is 35.9 Å². The summed E-state index contributed by atoms with van der Waals surface area (Å²) >= 11 is 0. The van der Waals surface area contributed by atoms with Crippen LogP contribution in [0.5, 0.6) is 5.75 Å². The molecule has 1 N–H and O–H groups in total. The van der Waals surface area contributed by atoms with E-state index in [2.05, 4.69) is 0 Å². The third-order valence-corrected chi connectivity index (χ3v) is 5.34. The highest BCUT2D eigenvalue weighted by Crippen LogP contribution is 2.60. The maximum atomic E-state index is 12.9. The van der Waals surface area contributed by atoms with Crippen molar-refractivity contribution in [3.8, 4) is 5.75 Å². The summed E-state index contributed by atoms with van der Waals surface area (Å²) in [6, 6.07) is 5.73. The van der Waals surface area contributed by atoms with Crippen LogP contribution in [0.2, 0.25) is 0 Å². The quantitative estimate of drug-likeness (QED) is 0.857. The van der Waals surface area contributed by atoms with Crippen LogP contribution < -0.4 is 4.31 Å². The first-order chi connectivity index (χ1) is 10.5. The van der Waals surface area contributed by atoms with Crippen molar-refractivity contribution >= 4 is 21.6 Å². The predicted octanol–water partition coefficient (Wildman–Crippen LogP) is 2.92. The molecule has 5 nitrogen and oxygen atoms in total. The van der Waals surface area contributed by atoms with Gasteiger partial charge in [-0.2, -0.15) is 0 Å². The maximum absolute atomic E-state index is 12.9. The van der Waals surface area contributed by atoms with E-state index < -0.39 is 21.8 Å². The summed E-state index contributed by atoms with van der Waals surface area (Å²) in [4.78, 5) is 12.9. The van der Waals surface area contributed by atoms with Gasteiger partial charge in [-0.1, -0.05) is 31.6 Å². The fourth-order valence-electron chi connectivity index (χ4n) is 3.05. The third kappa shape index (κ3) is 3.42. The first-order valence-corrected chi connectivity index (χ1v) is 9.29. The first-order valence-electron chi connectivity index (χ1n) is 7.44. The summed E-state index contributed by atoms with van der Waals surface area (Å²) in [6.07, 6.45) is 3.02. The molecule has 0 heterocycles. The van der Waals surface area contributed by atoms with Crippen LogP contribution in [0.1, 0.15) is 27.7 Å². The monoisotopic (exact) mass is 337 g/mol. The van der Waals surface area contributed by atoms with Gasteiger partial charge in [0, 0.05) is 6.07 Å². The zero-order chi connectivity index (χ0) is 17.6. The van der Waals surface area contributed by atoms with Crippen LogP contribution in [-0.4, -0.2) is 25.7 Å². The Morgan fingerprint density at radius 3 is 2.39 bits per heavy atom. The Morgan fingerprint density at radius 1 is 1.30 bits per heavy atom. The lowest BCUT2D eigenvalue weighted by molar-refractivity contribution is -0.119. The van der Waals surface area contributed by atoms with Gasteiger partial charge in [0.25, 0.3) is 0 Å². The molecule has 1 aromatic carbocycles. The number of phenolic OH excluding ortho intramolecular Hbond substituents is 1. The molecule has 1 saturated carbocycles. The van der Waals surface area contributed by atoms with Gasteiger partial charge < -0.3 is 5.11 Å². The number of benzene rings is 1. The lowest BCUT2D eigenvalue weighted by Crippen LogP contribution is -2.38. The van der Waals surface area contributed by atoms with E-state index in [0.717, 1.165) is 16.1 Å². The number of phenols is 1. The normalized spacial score (nSPS) is 22.3. The second-order valence-corrected chi connectivity index (χ2v) is 8.79. The first kappa shape index (κ1) is 17.5. The van der Waals surface area contributed by atoms with E-state index in [1.807, 2.05) is 33.8 Å². The molecule has 0 radical (unpaired) electrons. The Labute approximate surface area is 137 Å². The van der Waals surface area contributed by atoms with Crippen LogP contribution in [0, 0.1) is 17.3 Å². The molecule has 0 aromatic heterocycles. The Hall–Kier alpha value is -1.82. The lowest BCUT2D eigenvalue weighted by Gasteiger charge is -2.21. The van der Waals surface area contributed by atoms with Gasteiger partial charge in [-0.05, 0) is 37.3 Å². The van der Waals surface area contributed by atoms with Gasteiger partial charge in [0.15, 0.2) is 0 Å². The number of carbonyl (C=O) groups is 1. The summed E-state index contributed by atoms with van der Waals surface area (Å²) in [7, 11) is -3.79. The molecule has 1 amide bonds. The van der Waals surface area contributed by atoms with Gasteiger partial charge >= 0.3 is 0 Å². The minimum Gasteiger partial charge on any atom is -0.508 e. The Balaban J connectivity index is 2.43. The number of nitrogens with zero attached hydrogens (tertiary/aromatic N) is 1. The number of carbonyl (C=O) groups excluding carboxylic acids is 1. The molecular weight excluding hydrogens is 314 g/mol. The van der Waals surface area contributed by atoms with Crippen LogP contribution >= 0.6 is 0 Å². The highest BCUT2D eigenvalue weighted by Gasteiger charge is 2.62. The van der Waals surface area contributed by atoms with Crippen molar-refractivity contribution in [2.24, 2.45) is 17.3 Å². The number of allylic oxidation sites excluding steroid dienone is 2. The van der Waals surface area contributed by atoms with Crippen molar-refractivity contribution in [2.45, 2.75) is 27.7 Å². The van der Waals surface area contributed by atoms with Crippen molar-refractivity contribution in [3.63, 3.8) is 0 Å².